The molecule has 2 aromatic rings. The molecule has 0 unspecified atom stereocenters. The van der Waals surface area contributed by atoms with E-state index in [2.05, 4.69) is 17.2 Å². The Kier molecular flexibility index (Phi) is 3.59. The van der Waals surface area contributed by atoms with Gasteiger partial charge in [-0.15, -0.1) is 0 Å². The zero-order valence-electron chi connectivity index (χ0n) is 11.7. The van der Waals surface area contributed by atoms with Crippen molar-refractivity contribution in [3.63, 3.8) is 0 Å². The van der Waals surface area contributed by atoms with E-state index >= 15 is 0 Å². The lowest BCUT2D eigenvalue weighted by atomic mass is 9.80. The van der Waals surface area contributed by atoms with Gasteiger partial charge in [0.25, 0.3) is 0 Å². The second kappa shape index (κ2) is 5.38. The first-order chi connectivity index (χ1) is 9.65. The topological polar surface area (TPSA) is 58.3 Å². The van der Waals surface area contributed by atoms with E-state index in [1.807, 2.05) is 24.3 Å². The maximum atomic E-state index is 9.99. The number of aromatic nitrogens is 1. The summed E-state index contributed by atoms with van der Waals surface area (Å²) in [6.45, 7) is 3.30. The van der Waals surface area contributed by atoms with Crippen LogP contribution >= 0.6 is 0 Å². The lowest BCUT2D eigenvalue weighted by molar-refractivity contribution is -0.0315. The van der Waals surface area contributed by atoms with Crippen molar-refractivity contribution in [3.8, 4) is 11.5 Å². The van der Waals surface area contributed by atoms with Crippen LogP contribution in [0.4, 0.5) is 0 Å². The van der Waals surface area contributed by atoms with Crippen molar-refractivity contribution in [1.82, 2.24) is 10.3 Å². The predicted octanol–water partition coefficient (Wildman–Crippen LogP) is 2.65. The van der Waals surface area contributed by atoms with Gasteiger partial charge in [0.15, 0.2) is 0 Å². The summed E-state index contributed by atoms with van der Waals surface area (Å²) in [5.74, 6) is 0.643. The highest BCUT2D eigenvalue weighted by atomic mass is 16.3. The fourth-order valence-corrected chi connectivity index (χ4v) is 2.40. The number of oxazole rings is 1. The molecular weight excluding hydrogens is 252 g/mol. The van der Waals surface area contributed by atoms with E-state index in [1.165, 1.54) is 5.56 Å². The van der Waals surface area contributed by atoms with Crippen LogP contribution < -0.4 is 5.32 Å². The molecule has 1 saturated carbocycles. The molecule has 0 atom stereocenters. The van der Waals surface area contributed by atoms with Gasteiger partial charge in [0.1, 0.15) is 6.26 Å². The highest BCUT2D eigenvalue weighted by Crippen LogP contribution is 2.30. The first-order valence-corrected chi connectivity index (χ1v) is 7.09. The van der Waals surface area contributed by atoms with E-state index in [0.717, 1.165) is 30.5 Å². The Morgan fingerprint density at radius 2 is 2.05 bits per heavy atom. The minimum atomic E-state index is -0.497. The first-order valence-electron chi connectivity index (χ1n) is 7.09. The lowest BCUT2D eigenvalue weighted by Crippen LogP contribution is -2.46. The molecule has 20 heavy (non-hydrogen) atoms. The molecule has 4 heteroatoms. The maximum absolute atomic E-state index is 9.99. The summed E-state index contributed by atoms with van der Waals surface area (Å²) < 4.78 is 5.50. The average molecular weight is 272 g/mol. The van der Waals surface area contributed by atoms with Gasteiger partial charge < -0.3 is 14.8 Å². The van der Waals surface area contributed by atoms with Crippen LogP contribution in [0.15, 0.2) is 34.9 Å². The Morgan fingerprint density at radius 1 is 1.30 bits per heavy atom. The number of hydrogen-bond acceptors (Lipinski definition) is 4. The number of aryl methyl sites for hydroxylation is 1. The molecule has 0 amide bonds. The van der Waals surface area contributed by atoms with Crippen molar-refractivity contribution < 1.29 is 9.52 Å². The van der Waals surface area contributed by atoms with Crippen molar-refractivity contribution in [2.75, 3.05) is 6.54 Å². The average Bonchev–Trinajstić information content (AvgIpc) is 2.86. The summed E-state index contributed by atoms with van der Waals surface area (Å²) in [5, 5.41) is 13.2. The number of nitrogens with zero attached hydrogens (tertiary/aromatic N) is 1. The Balaban J connectivity index is 1.57. The molecule has 1 aromatic heterocycles. The van der Waals surface area contributed by atoms with Crippen LogP contribution in [-0.4, -0.2) is 22.2 Å². The van der Waals surface area contributed by atoms with Crippen LogP contribution in [-0.2, 0) is 6.54 Å². The molecule has 106 valence electrons. The van der Waals surface area contributed by atoms with Gasteiger partial charge in [-0.3, -0.25) is 0 Å². The van der Waals surface area contributed by atoms with Crippen LogP contribution in [0.25, 0.3) is 11.5 Å². The molecule has 0 saturated heterocycles. The van der Waals surface area contributed by atoms with E-state index in [1.54, 1.807) is 6.26 Å². The van der Waals surface area contributed by atoms with Crippen molar-refractivity contribution in [3.05, 3.63) is 41.8 Å². The predicted molar refractivity (Wildman–Crippen MR) is 77.2 cm³/mol. The van der Waals surface area contributed by atoms with Gasteiger partial charge in [-0.05, 0) is 38.3 Å². The van der Waals surface area contributed by atoms with E-state index in [0.29, 0.717) is 19.0 Å². The largest absolute Gasteiger partial charge is 0.444 e. The van der Waals surface area contributed by atoms with Crippen molar-refractivity contribution >= 4 is 0 Å². The third-order valence-electron chi connectivity index (χ3n) is 3.89. The molecule has 0 aliphatic heterocycles. The van der Waals surface area contributed by atoms with Crippen molar-refractivity contribution in [1.29, 1.82) is 0 Å². The first kappa shape index (κ1) is 13.3. The summed E-state index contributed by atoms with van der Waals surface area (Å²) in [5.41, 5.74) is 2.57. The zero-order chi connectivity index (χ0) is 14.0. The van der Waals surface area contributed by atoms with E-state index in [9.17, 15) is 5.11 Å². The van der Waals surface area contributed by atoms with Gasteiger partial charge in [0.05, 0.1) is 11.3 Å². The Labute approximate surface area is 118 Å². The highest BCUT2D eigenvalue weighted by Gasteiger charge is 2.33. The number of nitrogens with one attached hydrogen (secondary N) is 1. The molecule has 1 aromatic carbocycles. The van der Waals surface area contributed by atoms with Crippen molar-refractivity contribution in [2.45, 2.75) is 38.3 Å². The van der Waals surface area contributed by atoms with Gasteiger partial charge in [-0.1, -0.05) is 17.7 Å². The van der Waals surface area contributed by atoms with Gasteiger partial charge in [-0.25, -0.2) is 4.98 Å². The Morgan fingerprint density at radius 3 is 2.70 bits per heavy atom. The zero-order valence-corrected chi connectivity index (χ0v) is 11.7. The maximum Gasteiger partial charge on any atom is 0.226 e. The Bertz CT molecular complexity index is 570. The molecule has 1 aliphatic carbocycles. The smallest absolute Gasteiger partial charge is 0.226 e. The molecule has 0 bridgehead atoms. The molecule has 2 N–H and O–H groups in total. The van der Waals surface area contributed by atoms with E-state index in [-0.39, 0.29) is 0 Å². The minimum Gasteiger partial charge on any atom is -0.444 e. The SMILES string of the molecule is Cc1ccc(-c2nc(CNCC3(O)CCC3)co2)cc1. The van der Waals surface area contributed by atoms with Crippen LogP contribution in [0, 0.1) is 6.92 Å². The third kappa shape index (κ3) is 2.92. The number of aliphatic hydroxyl groups is 1. The van der Waals surface area contributed by atoms with Gasteiger partial charge in [0.2, 0.25) is 5.89 Å². The quantitative estimate of drug-likeness (QED) is 0.878. The molecule has 3 rings (SSSR count). The standard InChI is InChI=1S/C16H20N2O2/c1-12-3-5-13(6-4-12)15-18-14(10-20-15)9-17-11-16(19)7-2-8-16/h3-6,10,17,19H,2,7-9,11H2,1H3. The van der Waals surface area contributed by atoms with Gasteiger partial charge in [0, 0.05) is 18.7 Å². The monoisotopic (exact) mass is 272 g/mol. The third-order valence-corrected chi connectivity index (χ3v) is 3.89. The normalized spacial score (nSPS) is 16.9. The highest BCUT2D eigenvalue weighted by molar-refractivity contribution is 5.53. The van der Waals surface area contributed by atoms with Crippen LogP contribution in [0.5, 0.6) is 0 Å². The fourth-order valence-electron chi connectivity index (χ4n) is 2.40. The summed E-state index contributed by atoms with van der Waals surface area (Å²) in [4.78, 5) is 4.46. The summed E-state index contributed by atoms with van der Waals surface area (Å²) >= 11 is 0. The molecule has 1 fully saturated rings. The van der Waals surface area contributed by atoms with Crippen LogP contribution in [0.1, 0.15) is 30.5 Å². The second-order valence-corrected chi connectivity index (χ2v) is 5.69. The van der Waals surface area contributed by atoms with E-state index in [4.69, 9.17) is 4.42 Å². The van der Waals surface area contributed by atoms with Gasteiger partial charge in [-0.2, -0.15) is 0 Å². The summed E-state index contributed by atoms with van der Waals surface area (Å²) in [7, 11) is 0. The number of benzene rings is 1. The van der Waals surface area contributed by atoms with E-state index < -0.39 is 5.60 Å². The summed E-state index contributed by atoms with van der Waals surface area (Å²) in [6, 6.07) is 8.11. The molecule has 1 aliphatic rings. The molecular formula is C16H20N2O2. The summed E-state index contributed by atoms with van der Waals surface area (Å²) in [6.07, 6.45) is 4.59. The van der Waals surface area contributed by atoms with Crippen molar-refractivity contribution in [2.24, 2.45) is 0 Å². The fraction of sp³-hybridized carbons (Fsp3) is 0.438. The molecule has 0 radical (unpaired) electrons. The molecule has 0 spiro atoms. The number of rotatable bonds is 5. The number of hydrogen-bond donors (Lipinski definition) is 2. The second-order valence-electron chi connectivity index (χ2n) is 5.69. The van der Waals surface area contributed by atoms with Gasteiger partial charge >= 0.3 is 0 Å². The van der Waals surface area contributed by atoms with Crippen LogP contribution in [0.2, 0.25) is 0 Å². The molecule has 1 heterocycles. The van der Waals surface area contributed by atoms with Crippen LogP contribution in [0.3, 0.4) is 0 Å². The molecule has 4 nitrogen and oxygen atoms in total. The Hall–Kier alpha value is -1.65. The minimum absolute atomic E-state index is 0.497. The lowest BCUT2D eigenvalue weighted by Gasteiger charge is -2.36.